The van der Waals surface area contributed by atoms with Crippen LogP contribution in [0, 0.1) is 22.7 Å². The highest BCUT2D eigenvalue weighted by Crippen LogP contribution is 1.86. The summed E-state index contributed by atoms with van der Waals surface area (Å²) >= 11 is 0. The van der Waals surface area contributed by atoms with Gasteiger partial charge in [-0.25, -0.2) is 0 Å². The second-order valence-electron chi connectivity index (χ2n) is 1.98. The normalized spacial score (nSPS) is 8.25. The molecule has 0 amide bonds. The van der Waals surface area contributed by atoms with Crippen LogP contribution in [0.5, 0.6) is 0 Å². The quantitative estimate of drug-likeness (QED) is 0.258. The predicted octanol–water partition coefficient (Wildman–Crippen LogP) is 0.646. The molecular weight excluding hydrogens is 156 g/mol. The predicted molar refractivity (Wildman–Crippen MR) is 41.7 cm³/mol. The van der Waals surface area contributed by atoms with Crippen molar-refractivity contribution >= 4 is 0 Å². The minimum Gasteiger partial charge on any atom is -0.277 e. The van der Waals surface area contributed by atoms with Crippen molar-refractivity contribution in [3.05, 3.63) is 10.4 Å². The lowest BCUT2D eigenvalue weighted by molar-refractivity contribution is 0.352. The van der Waals surface area contributed by atoms with Crippen LogP contribution in [-0.2, 0) is 0 Å². The van der Waals surface area contributed by atoms with Gasteiger partial charge >= 0.3 is 0 Å². The van der Waals surface area contributed by atoms with E-state index in [9.17, 15) is 0 Å². The Morgan fingerprint density at radius 2 is 1.92 bits per heavy atom. The van der Waals surface area contributed by atoms with Crippen LogP contribution in [-0.4, -0.2) is 31.1 Å². The van der Waals surface area contributed by atoms with Gasteiger partial charge in [-0.05, 0) is 5.53 Å². The highest BCUT2D eigenvalue weighted by Gasteiger charge is 2.00. The molecule has 6 nitrogen and oxygen atoms in total. The van der Waals surface area contributed by atoms with E-state index in [-0.39, 0.29) is 13.1 Å². The zero-order chi connectivity index (χ0) is 9.23. The van der Waals surface area contributed by atoms with Gasteiger partial charge < -0.3 is 0 Å². The van der Waals surface area contributed by atoms with E-state index in [0.717, 1.165) is 0 Å². The first-order valence-electron chi connectivity index (χ1n) is 3.32. The van der Waals surface area contributed by atoms with Gasteiger partial charge in [0.15, 0.2) is 0 Å². The summed E-state index contributed by atoms with van der Waals surface area (Å²) in [7, 11) is 0. The van der Waals surface area contributed by atoms with E-state index in [2.05, 4.69) is 10.0 Å². The topological polar surface area (TPSA) is 99.6 Å². The smallest absolute Gasteiger partial charge is 0.0874 e. The van der Waals surface area contributed by atoms with Gasteiger partial charge in [0, 0.05) is 18.0 Å². The second kappa shape index (κ2) is 7.36. The fraction of sp³-hybridized carbons (Fsp3) is 0.667. The zero-order valence-corrected chi connectivity index (χ0v) is 6.51. The Bertz CT molecular complexity index is 224. The first-order chi connectivity index (χ1) is 5.85. The molecule has 0 aromatic heterocycles. The first kappa shape index (κ1) is 10.2. The van der Waals surface area contributed by atoms with Crippen LogP contribution in [0.3, 0.4) is 0 Å². The molecule has 0 N–H and O–H groups in total. The van der Waals surface area contributed by atoms with E-state index < -0.39 is 0 Å². The van der Waals surface area contributed by atoms with E-state index in [4.69, 9.17) is 16.1 Å². The molecule has 0 rings (SSSR count). The number of nitrogens with zero attached hydrogens (tertiary/aromatic N) is 6. The fourth-order valence-corrected chi connectivity index (χ4v) is 0.645. The van der Waals surface area contributed by atoms with Crippen molar-refractivity contribution in [1.29, 1.82) is 10.5 Å². The molecule has 0 aliphatic rings. The molecule has 0 radical (unpaired) electrons. The average Bonchev–Trinajstić information content (AvgIpc) is 2.06. The highest BCUT2D eigenvalue weighted by molar-refractivity contribution is 4.83. The molecular formula is C6H8N6. The summed E-state index contributed by atoms with van der Waals surface area (Å²) in [6.07, 6.45) is 0. The van der Waals surface area contributed by atoms with E-state index in [1.807, 2.05) is 12.1 Å². The molecule has 0 bridgehead atoms. The van der Waals surface area contributed by atoms with Crippen LogP contribution in [0.2, 0.25) is 0 Å². The van der Waals surface area contributed by atoms with Gasteiger partial charge in [-0.3, -0.25) is 4.90 Å². The highest BCUT2D eigenvalue weighted by atomic mass is 15.2. The third-order valence-corrected chi connectivity index (χ3v) is 1.17. The van der Waals surface area contributed by atoms with Gasteiger partial charge in [0.25, 0.3) is 0 Å². The summed E-state index contributed by atoms with van der Waals surface area (Å²) < 4.78 is 0. The van der Waals surface area contributed by atoms with Crippen molar-refractivity contribution in [3.63, 3.8) is 0 Å². The molecule has 0 saturated carbocycles. The molecule has 0 heterocycles. The monoisotopic (exact) mass is 164 g/mol. The summed E-state index contributed by atoms with van der Waals surface area (Å²) in [5.41, 5.74) is 7.95. The summed E-state index contributed by atoms with van der Waals surface area (Å²) in [6.45, 7) is 1.12. The number of rotatable bonds is 5. The average molecular weight is 164 g/mol. The fourth-order valence-electron chi connectivity index (χ4n) is 0.645. The number of hydrogen-bond donors (Lipinski definition) is 0. The van der Waals surface area contributed by atoms with Crippen molar-refractivity contribution in [2.24, 2.45) is 5.11 Å². The molecule has 0 aromatic rings. The first-order valence-corrected chi connectivity index (χ1v) is 3.32. The molecule has 0 fully saturated rings. The van der Waals surface area contributed by atoms with Gasteiger partial charge in [0.1, 0.15) is 0 Å². The van der Waals surface area contributed by atoms with Crippen molar-refractivity contribution in [1.82, 2.24) is 4.90 Å². The van der Waals surface area contributed by atoms with Gasteiger partial charge in [-0.1, -0.05) is 5.11 Å². The van der Waals surface area contributed by atoms with E-state index in [1.54, 1.807) is 4.90 Å². The van der Waals surface area contributed by atoms with Crippen molar-refractivity contribution in [3.8, 4) is 12.1 Å². The maximum atomic E-state index is 8.32. The lowest BCUT2D eigenvalue weighted by atomic mass is 10.4. The number of hydrogen-bond acceptors (Lipinski definition) is 4. The molecule has 6 heteroatoms. The maximum Gasteiger partial charge on any atom is 0.0874 e. The van der Waals surface area contributed by atoms with Gasteiger partial charge in [0.2, 0.25) is 0 Å². The van der Waals surface area contributed by atoms with E-state index >= 15 is 0 Å². The summed E-state index contributed by atoms with van der Waals surface area (Å²) in [4.78, 5) is 4.17. The molecule has 0 aliphatic heterocycles. The van der Waals surface area contributed by atoms with Crippen molar-refractivity contribution < 1.29 is 0 Å². The summed E-state index contributed by atoms with van der Waals surface area (Å²) in [5.74, 6) is 0. The summed E-state index contributed by atoms with van der Waals surface area (Å²) in [5, 5.41) is 19.9. The molecule has 12 heavy (non-hydrogen) atoms. The number of nitriles is 2. The molecule has 0 saturated heterocycles. The van der Waals surface area contributed by atoms with Crippen LogP contribution in [0.1, 0.15) is 0 Å². The van der Waals surface area contributed by atoms with Gasteiger partial charge in [-0.15, -0.1) is 0 Å². The van der Waals surface area contributed by atoms with Crippen LogP contribution >= 0.6 is 0 Å². The Hall–Kier alpha value is -1.75. The van der Waals surface area contributed by atoms with Crippen LogP contribution in [0.25, 0.3) is 10.4 Å². The molecule has 0 unspecified atom stereocenters. The minimum atomic E-state index is 0.189. The standard InChI is InChI=1S/C6H8N6/c7-1-4-12(5-2-8)6-3-10-11-9/h3-6H2. The molecule has 0 atom stereocenters. The van der Waals surface area contributed by atoms with Crippen LogP contribution in [0.4, 0.5) is 0 Å². The lowest BCUT2D eigenvalue weighted by Gasteiger charge is -2.12. The number of azide groups is 1. The van der Waals surface area contributed by atoms with Crippen molar-refractivity contribution in [2.75, 3.05) is 26.2 Å². The SMILES string of the molecule is N#CCN(CC#N)CCN=[N+]=[N-]. The summed E-state index contributed by atoms with van der Waals surface area (Å²) in [6, 6.07) is 3.84. The molecule has 0 aromatic carbocycles. The molecule has 0 aliphatic carbocycles. The van der Waals surface area contributed by atoms with Gasteiger partial charge in [0.05, 0.1) is 25.2 Å². The lowest BCUT2D eigenvalue weighted by Crippen LogP contribution is -2.27. The zero-order valence-electron chi connectivity index (χ0n) is 6.51. The third kappa shape index (κ3) is 5.07. The Kier molecular flexibility index (Phi) is 6.29. The Morgan fingerprint density at radius 3 is 2.33 bits per heavy atom. The maximum absolute atomic E-state index is 8.32. The third-order valence-electron chi connectivity index (χ3n) is 1.17. The van der Waals surface area contributed by atoms with Gasteiger partial charge in [-0.2, -0.15) is 10.5 Å². The van der Waals surface area contributed by atoms with Crippen molar-refractivity contribution in [2.45, 2.75) is 0 Å². The Labute approximate surface area is 70.2 Å². The molecule has 62 valence electrons. The Balaban J connectivity index is 3.72. The Morgan fingerprint density at radius 1 is 1.33 bits per heavy atom. The van der Waals surface area contributed by atoms with E-state index in [1.165, 1.54) is 0 Å². The van der Waals surface area contributed by atoms with E-state index in [0.29, 0.717) is 13.1 Å². The largest absolute Gasteiger partial charge is 0.277 e. The van der Waals surface area contributed by atoms with Crippen LogP contribution < -0.4 is 0 Å². The molecule has 0 spiro atoms. The second-order valence-corrected chi connectivity index (χ2v) is 1.98. The van der Waals surface area contributed by atoms with Crippen LogP contribution in [0.15, 0.2) is 5.11 Å². The minimum absolute atomic E-state index is 0.189.